The van der Waals surface area contributed by atoms with E-state index in [1.54, 1.807) is 0 Å². The lowest BCUT2D eigenvalue weighted by atomic mass is 10.1. The summed E-state index contributed by atoms with van der Waals surface area (Å²) < 4.78 is 12.8. The summed E-state index contributed by atoms with van der Waals surface area (Å²) >= 11 is 0. The highest BCUT2D eigenvalue weighted by atomic mass is 127. The van der Waals surface area contributed by atoms with Gasteiger partial charge < -0.3 is 20.1 Å². The zero-order valence-electron chi connectivity index (χ0n) is 16.3. The van der Waals surface area contributed by atoms with Crippen LogP contribution in [0.3, 0.4) is 0 Å². The van der Waals surface area contributed by atoms with Gasteiger partial charge in [0.2, 0.25) is 6.79 Å². The molecule has 0 atom stereocenters. The molecule has 1 aliphatic rings. The molecule has 0 bridgehead atoms. The minimum atomic E-state index is 0. The van der Waals surface area contributed by atoms with Crippen LogP contribution in [0.4, 0.5) is 0 Å². The number of ether oxygens (including phenoxy) is 2. The van der Waals surface area contributed by atoms with Crippen molar-refractivity contribution >= 4 is 35.6 Å². The predicted molar refractivity (Wildman–Crippen MR) is 122 cm³/mol. The average Bonchev–Trinajstić information content (AvgIpc) is 3.35. The number of hydrogen-bond acceptors (Lipinski definition) is 5. The van der Waals surface area contributed by atoms with Crippen molar-refractivity contribution in [2.45, 2.75) is 19.8 Å². The Bertz CT molecular complexity index is 975. The second kappa shape index (κ2) is 10.3. The first-order valence-electron chi connectivity index (χ1n) is 9.53. The monoisotopic (exact) mass is 508 g/mol. The number of rotatable bonds is 7. The van der Waals surface area contributed by atoms with Gasteiger partial charge in [-0.3, -0.25) is 9.39 Å². The van der Waals surface area contributed by atoms with Crippen molar-refractivity contribution < 1.29 is 9.47 Å². The molecule has 4 rings (SSSR count). The molecule has 154 valence electrons. The highest BCUT2D eigenvalue weighted by molar-refractivity contribution is 14.0. The lowest BCUT2D eigenvalue weighted by Crippen LogP contribution is -2.38. The molecule has 2 N–H and O–H groups in total. The second-order valence-corrected chi connectivity index (χ2v) is 6.42. The quantitative estimate of drug-likeness (QED) is 0.290. The molecular weight excluding hydrogens is 483 g/mol. The lowest BCUT2D eigenvalue weighted by Gasteiger charge is -2.11. The van der Waals surface area contributed by atoms with E-state index in [4.69, 9.17) is 9.47 Å². The fourth-order valence-corrected chi connectivity index (χ4v) is 3.09. The maximum absolute atomic E-state index is 5.43. The third kappa shape index (κ3) is 5.28. The van der Waals surface area contributed by atoms with Gasteiger partial charge in [-0.2, -0.15) is 0 Å². The molecule has 3 aromatic rings. The number of nitrogens with one attached hydrogen (secondary N) is 2. The average molecular weight is 508 g/mol. The van der Waals surface area contributed by atoms with E-state index in [1.807, 2.05) is 40.9 Å². The topological polar surface area (TPSA) is 85.1 Å². The summed E-state index contributed by atoms with van der Waals surface area (Å²) in [5.41, 5.74) is 2.05. The van der Waals surface area contributed by atoms with Crippen LogP contribution in [0.25, 0.3) is 5.65 Å². The van der Waals surface area contributed by atoms with E-state index in [2.05, 4.69) is 38.8 Å². The van der Waals surface area contributed by atoms with Gasteiger partial charge in [0.1, 0.15) is 5.82 Å². The SMILES string of the molecule is CCNC(=NCCc1nnc2ccccn12)NCCc1ccc2c(c1)OCO2.I. The molecule has 0 saturated carbocycles. The Hall–Kier alpha value is -2.56. The minimum Gasteiger partial charge on any atom is -0.454 e. The molecular formula is C20H25IN6O2. The third-order valence-electron chi connectivity index (χ3n) is 4.48. The van der Waals surface area contributed by atoms with Crippen LogP contribution in [0.15, 0.2) is 47.6 Å². The molecule has 8 nitrogen and oxygen atoms in total. The second-order valence-electron chi connectivity index (χ2n) is 6.42. The summed E-state index contributed by atoms with van der Waals surface area (Å²) in [5, 5.41) is 15.1. The van der Waals surface area contributed by atoms with Crippen LogP contribution in [0.2, 0.25) is 0 Å². The highest BCUT2D eigenvalue weighted by Gasteiger charge is 2.13. The van der Waals surface area contributed by atoms with Crippen molar-refractivity contribution in [3.8, 4) is 11.5 Å². The summed E-state index contributed by atoms with van der Waals surface area (Å²) in [5.74, 6) is 3.35. The predicted octanol–water partition coefficient (Wildman–Crippen LogP) is 2.42. The summed E-state index contributed by atoms with van der Waals surface area (Å²) in [6.07, 6.45) is 3.57. The van der Waals surface area contributed by atoms with Gasteiger partial charge in [0.25, 0.3) is 0 Å². The van der Waals surface area contributed by atoms with E-state index >= 15 is 0 Å². The molecule has 9 heteroatoms. The van der Waals surface area contributed by atoms with Crippen LogP contribution in [0.1, 0.15) is 18.3 Å². The number of nitrogens with zero attached hydrogens (tertiary/aromatic N) is 4. The summed E-state index contributed by atoms with van der Waals surface area (Å²) in [7, 11) is 0. The maximum Gasteiger partial charge on any atom is 0.231 e. The van der Waals surface area contributed by atoms with Crippen LogP contribution >= 0.6 is 24.0 Å². The summed E-state index contributed by atoms with van der Waals surface area (Å²) in [4.78, 5) is 4.65. The molecule has 0 saturated heterocycles. The summed E-state index contributed by atoms with van der Waals surface area (Å²) in [6.45, 7) is 4.58. The van der Waals surface area contributed by atoms with Crippen molar-refractivity contribution in [2.75, 3.05) is 26.4 Å². The van der Waals surface area contributed by atoms with Crippen LogP contribution in [0, 0.1) is 0 Å². The summed E-state index contributed by atoms with van der Waals surface area (Å²) in [6, 6.07) is 11.9. The molecule has 0 spiro atoms. The van der Waals surface area contributed by atoms with Crippen LogP contribution in [0.5, 0.6) is 11.5 Å². The number of fused-ring (bicyclic) bond motifs is 2. The van der Waals surface area contributed by atoms with Gasteiger partial charge in [-0.1, -0.05) is 12.1 Å². The number of hydrogen-bond donors (Lipinski definition) is 2. The number of pyridine rings is 1. The fraction of sp³-hybridized carbons (Fsp3) is 0.350. The standard InChI is InChI=1S/C20H24N6O2.HI/c1-2-21-20(22-10-8-15-6-7-16-17(13-15)28-14-27-16)23-11-9-19-25-24-18-5-3-4-12-26(18)19;/h3-7,12-13H,2,8-11,14H2,1H3,(H2,21,22,23);1H. The van der Waals surface area contributed by atoms with E-state index in [9.17, 15) is 0 Å². The van der Waals surface area contributed by atoms with Gasteiger partial charge >= 0.3 is 0 Å². The number of halogens is 1. The third-order valence-corrected chi connectivity index (χ3v) is 4.48. The number of guanidine groups is 1. The van der Waals surface area contributed by atoms with E-state index in [0.29, 0.717) is 13.3 Å². The first kappa shape index (κ1) is 21.2. The molecule has 0 radical (unpaired) electrons. The largest absolute Gasteiger partial charge is 0.454 e. The van der Waals surface area contributed by atoms with Gasteiger partial charge in [-0.25, -0.2) is 0 Å². The van der Waals surface area contributed by atoms with Crippen LogP contribution in [-0.2, 0) is 12.8 Å². The molecule has 0 aliphatic carbocycles. The minimum absolute atomic E-state index is 0. The van der Waals surface area contributed by atoms with Crippen LogP contribution in [-0.4, -0.2) is 47.0 Å². The maximum atomic E-state index is 5.43. The first-order chi connectivity index (χ1) is 13.8. The number of aliphatic imine (C=N–C) groups is 1. The number of benzene rings is 1. The van der Waals surface area contributed by atoms with E-state index < -0.39 is 0 Å². The van der Waals surface area contributed by atoms with E-state index in [0.717, 1.165) is 54.9 Å². The van der Waals surface area contributed by atoms with Crippen molar-refractivity contribution in [1.29, 1.82) is 0 Å². The molecule has 1 aliphatic heterocycles. The number of aromatic nitrogens is 3. The lowest BCUT2D eigenvalue weighted by molar-refractivity contribution is 0.174. The molecule has 3 heterocycles. The van der Waals surface area contributed by atoms with Gasteiger partial charge in [-0.15, -0.1) is 34.2 Å². The first-order valence-corrected chi connectivity index (χ1v) is 9.53. The van der Waals surface area contributed by atoms with Crippen molar-refractivity contribution in [3.05, 3.63) is 54.0 Å². The Labute approximate surface area is 186 Å². The molecule has 2 aromatic heterocycles. The van der Waals surface area contributed by atoms with Crippen molar-refractivity contribution in [1.82, 2.24) is 25.2 Å². The fourth-order valence-electron chi connectivity index (χ4n) is 3.09. The Balaban J connectivity index is 0.00000240. The smallest absolute Gasteiger partial charge is 0.231 e. The van der Waals surface area contributed by atoms with Gasteiger partial charge in [0.15, 0.2) is 23.1 Å². The normalized spacial score (nSPS) is 12.7. The van der Waals surface area contributed by atoms with Crippen LogP contribution < -0.4 is 20.1 Å². The Morgan fingerprint density at radius 3 is 2.90 bits per heavy atom. The molecule has 1 aromatic carbocycles. The van der Waals surface area contributed by atoms with Crippen molar-refractivity contribution in [3.63, 3.8) is 0 Å². The Kier molecular flexibility index (Phi) is 7.50. The zero-order chi connectivity index (χ0) is 19.2. The molecule has 0 unspecified atom stereocenters. The van der Waals surface area contributed by atoms with Gasteiger partial charge in [-0.05, 0) is 43.2 Å². The molecule has 29 heavy (non-hydrogen) atoms. The van der Waals surface area contributed by atoms with Gasteiger partial charge in [0, 0.05) is 32.3 Å². The Morgan fingerprint density at radius 1 is 1.10 bits per heavy atom. The molecule has 0 fully saturated rings. The van der Waals surface area contributed by atoms with E-state index in [-0.39, 0.29) is 24.0 Å². The van der Waals surface area contributed by atoms with Crippen molar-refractivity contribution in [2.24, 2.45) is 4.99 Å². The van der Waals surface area contributed by atoms with E-state index in [1.165, 1.54) is 5.56 Å². The molecule has 0 amide bonds. The Morgan fingerprint density at radius 2 is 2.00 bits per heavy atom. The van der Waals surface area contributed by atoms with Gasteiger partial charge in [0.05, 0.1) is 0 Å². The highest BCUT2D eigenvalue weighted by Crippen LogP contribution is 2.32. The zero-order valence-corrected chi connectivity index (χ0v) is 18.6.